The summed E-state index contributed by atoms with van der Waals surface area (Å²) in [6.07, 6.45) is 12.8. The molecule has 0 saturated heterocycles. The smallest absolute Gasteiger partial charge is 0.304 e. The summed E-state index contributed by atoms with van der Waals surface area (Å²) in [6.45, 7) is 1.05. The van der Waals surface area contributed by atoms with Crippen molar-refractivity contribution in [3.63, 3.8) is 0 Å². The molecule has 2 N–H and O–H groups in total. The van der Waals surface area contributed by atoms with E-state index in [9.17, 15) is 4.79 Å². The first kappa shape index (κ1) is 18.2. The van der Waals surface area contributed by atoms with Crippen molar-refractivity contribution < 1.29 is 9.90 Å². The molecule has 0 aliphatic heterocycles. The third kappa shape index (κ3) is 10.9. The standard InChI is InChI=1S/C15H29NO2S2/c17-15(18)10-12-19-20-13-11-16-14-8-6-4-2-1-3-5-7-9-14/h14,16H,1-13H2,(H,17,18). The summed E-state index contributed by atoms with van der Waals surface area (Å²) in [5.74, 6) is 1.09. The summed E-state index contributed by atoms with van der Waals surface area (Å²) in [6, 6.07) is 0.706. The maximum absolute atomic E-state index is 10.4. The van der Waals surface area contributed by atoms with Crippen LogP contribution in [0.1, 0.15) is 64.2 Å². The molecule has 0 radical (unpaired) electrons. The molecule has 0 aromatic rings. The van der Waals surface area contributed by atoms with E-state index in [1.54, 1.807) is 21.6 Å². The van der Waals surface area contributed by atoms with Gasteiger partial charge in [0.25, 0.3) is 0 Å². The monoisotopic (exact) mass is 319 g/mol. The molecule has 0 aromatic carbocycles. The fourth-order valence-corrected chi connectivity index (χ4v) is 4.47. The van der Waals surface area contributed by atoms with Crippen LogP contribution in [0.15, 0.2) is 0 Å². The number of carboxylic acid groups (broad SMARTS) is 1. The lowest BCUT2D eigenvalue weighted by Crippen LogP contribution is -2.31. The number of hydrogen-bond donors (Lipinski definition) is 2. The quantitative estimate of drug-likeness (QED) is 0.515. The van der Waals surface area contributed by atoms with E-state index in [4.69, 9.17) is 5.11 Å². The van der Waals surface area contributed by atoms with E-state index in [2.05, 4.69) is 5.32 Å². The molecule has 1 saturated carbocycles. The molecule has 1 aliphatic rings. The lowest BCUT2D eigenvalue weighted by Gasteiger charge is -2.20. The van der Waals surface area contributed by atoms with Crippen molar-refractivity contribution >= 4 is 27.6 Å². The molecule has 0 atom stereocenters. The SMILES string of the molecule is O=C(O)CCSSCCNC1CCCCCCCCC1. The van der Waals surface area contributed by atoms with Crippen molar-refractivity contribution in [3.05, 3.63) is 0 Å². The Morgan fingerprint density at radius 1 is 0.950 bits per heavy atom. The van der Waals surface area contributed by atoms with Crippen molar-refractivity contribution in [2.24, 2.45) is 0 Å². The Hall–Kier alpha value is 0.130. The Labute approximate surface area is 131 Å². The van der Waals surface area contributed by atoms with Gasteiger partial charge in [-0.25, -0.2) is 0 Å². The van der Waals surface area contributed by atoms with Gasteiger partial charge in [-0.15, -0.1) is 0 Å². The summed E-state index contributed by atoms with van der Waals surface area (Å²) in [5.41, 5.74) is 0. The molecule has 1 rings (SSSR count). The molecule has 1 aliphatic carbocycles. The Balaban J connectivity index is 1.99. The van der Waals surface area contributed by atoms with Gasteiger partial charge in [0.2, 0.25) is 0 Å². The zero-order valence-corrected chi connectivity index (χ0v) is 14.1. The molecule has 0 bridgehead atoms. The molecular weight excluding hydrogens is 290 g/mol. The Bertz CT molecular complexity index is 242. The first-order valence-corrected chi connectivity index (χ1v) is 10.5. The number of carboxylic acids is 1. The maximum Gasteiger partial charge on any atom is 0.304 e. The van der Waals surface area contributed by atoms with Crippen LogP contribution in [0.2, 0.25) is 0 Å². The molecule has 20 heavy (non-hydrogen) atoms. The fraction of sp³-hybridized carbons (Fsp3) is 0.933. The lowest BCUT2D eigenvalue weighted by molar-refractivity contribution is -0.136. The van der Waals surface area contributed by atoms with E-state index in [0.717, 1.165) is 12.3 Å². The number of rotatable bonds is 8. The predicted octanol–water partition coefficient (Wildman–Crippen LogP) is 4.33. The van der Waals surface area contributed by atoms with Crippen molar-refractivity contribution in [3.8, 4) is 0 Å². The van der Waals surface area contributed by atoms with E-state index >= 15 is 0 Å². The zero-order valence-electron chi connectivity index (χ0n) is 12.4. The van der Waals surface area contributed by atoms with Crippen molar-refractivity contribution in [1.29, 1.82) is 0 Å². The van der Waals surface area contributed by atoms with Crippen LogP contribution in [0.5, 0.6) is 0 Å². The van der Waals surface area contributed by atoms with Gasteiger partial charge in [-0.1, -0.05) is 66.5 Å². The highest BCUT2D eigenvalue weighted by Crippen LogP contribution is 2.21. The average Bonchev–Trinajstić information content (AvgIpc) is 2.44. The molecule has 0 unspecified atom stereocenters. The Morgan fingerprint density at radius 3 is 2.10 bits per heavy atom. The zero-order chi connectivity index (χ0) is 14.5. The second-order valence-electron chi connectivity index (χ2n) is 5.49. The van der Waals surface area contributed by atoms with Gasteiger partial charge >= 0.3 is 5.97 Å². The normalized spacial score (nSPS) is 18.8. The molecule has 5 heteroatoms. The minimum atomic E-state index is -0.697. The average molecular weight is 320 g/mol. The summed E-state index contributed by atoms with van der Waals surface area (Å²) in [4.78, 5) is 10.4. The Kier molecular flexibility index (Phi) is 11.7. The van der Waals surface area contributed by atoms with E-state index in [1.165, 1.54) is 57.8 Å². The van der Waals surface area contributed by atoms with Gasteiger partial charge < -0.3 is 10.4 Å². The second kappa shape index (κ2) is 12.8. The first-order valence-electron chi connectivity index (χ1n) is 7.98. The molecule has 118 valence electrons. The highest BCUT2D eigenvalue weighted by Gasteiger charge is 2.09. The van der Waals surface area contributed by atoms with E-state index < -0.39 is 5.97 Å². The third-order valence-electron chi connectivity index (χ3n) is 3.71. The minimum absolute atomic E-state index is 0.272. The largest absolute Gasteiger partial charge is 0.481 e. The second-order valence-corrected chi connectivity index (χ2v) is 8.19. The highest BCUT2D eigenvalue weighted by atomic mass is 33.1. The van der Waals surface area contributed by atoms with Crippen molar-refractivity contribution in [2.75, 3.05) is 18.1 Å². The molecule has 0 aromatic heterocycles. The van der Waals surface area contributed by atoms with Crippen LogP contribution in [0.3, 0.4) is 0 Å². The van der Waals surface area contributed by atoms with E-state index in [0.29, 0.717) is 11.8 Å². The molecular formula is C15H29NO2S2. The molecule has 3 nitrogen and oxygen atoms in total. The van der Waals surface area contributed by atoms with Crippen LogP contribution in [0.25, 0.3) is 0 Å². The van der Waals surface area contributed by atoms with Crippen LogP contribution >= 0.6 is 21.6 Å². The summed E-state index contributed by atoms with van der Waals surface area (Å²) in [7, 11) is 3.47. The molecule has 0 heterocycles. The van der Waals surface area contributed by atoms with Gasteiger partial charge in [-0.05, 0) is 12.8 Å². The molecule has 0 spiro atoms. The van der Waals surface area contributed by atoms with Gasteiger partial charge in [0.05, 0.1) is 6.42 Å². The number of carbonyl (C=O) groups is 1. The van der Waals surface area contributed by atoms with Gasteiger partial charge in [0.15, 0.2) is 0 Å². The summed E-state index contributed by atoms with van der Waals surface area (Å²) >= 11 is 0. The molecule has 0 amide bonds. The summed E-state index contributed by atoms with van der Waals surface area (Å²) < 4.78 is 0. The van der Waals surface area contributed by atoms with Crippen LogP contribution in [-0.4, -0.2) is 35.2 Å². The Morgan fingerprint density at radius 2 is 1.50 bits per heavy atom. The van der Waals surface area contributed by atoms with Gasteiger partial charge in [-0.2, -0.15) is 0 Å². The first-order chi connectivity index (χ1) is 9.79. The maximum atomic E-state index is 10.4. The van der Waals surface area contributed by atoms with Crippen molar-refractivity contribution in [1.82, 2.24) is 5.32 Å². The number of nitrogens with one attached hydrogen (secondary N) is 1. The number of aliphatic carboxylic acids is 1. The fourth-order valence-electron chi connectivity index (χ4n) is 2.57. The predicted molar refractivity (Wildman–Crippen MR) is 90.5 cm³/mol. The van der Waals surface area contributed by atoms with Gasteiger partial charge in [-0.3, -0.25) is 4.79 Å². The highest BCUT2D eigenvalue weighted by molar-refractivity contribution is 8.76. The summed E-state index contributed by atoms with van der Waals surface area (Å²) in [5, 5.41) is 12.2. The third-order valence-corrected chi connectivity index (χ3v) is 6.11. The van der Waals surface area contributed by atoms with E-state index in [1.807, 2.05) is 0 Å². The van der Waals surface area contributed by atoms with Crippen LogP contribution in [0.4, 0.5) is 0 Å². The van der Waals surface area contributed by atoms with Gasteiger partial charge in [0, 0.05) is 24.1 Å². The molecule has 1 fully saturated rings. The van der Waals surface area contributed by atoms with Gasteiger partial charge in [0.1, 0.15) is 0 Å². The van der Waals surface area contributed by atoms with Crippen LogP contribution in [-0.2, 0) is 4.79 Å². The topological polar surface area (TPSA) is 49.3 Å². The van der Waals surface area contributed by atoms with E-state index in [-0.39, 0.29) is 6.42 Å². The lowest BCUT2D eigenvalue weighted by atomic mass is 9.97. The minimum Gasteiger partial charge on any atom is -0.481 e. The van der Waals surface area contributed by atoms with Crippen molar-refractivity contribution in [2.45, 2.75) is 70.3 Å². The van der Waals surface area contributed by atoms with Crippen LogP contribution < -0.4 is 5.32 Å². The number of hydrogen-bond acceptors (Lipinski definition) is 4. The van der Waals surface area contributed by atoms with Crippen LogP contribution in [0, 0.1) is 0 Å².